The number of carbonyl (C=O) groups excluding carboxylic acids is 2. The molecule has 148 valence electrons. The first-order valence-corrected chi connectivity index (χ1v) is 9.32. The molecule has 2 aromatic carbocycles. The van der Waals surface area contributed by atoms with Crippen LogP contribution >= 0.6 is 0 Å². The number of aryl methyl sites for hydroxylation is 1. The van der Waals surface area contributed by atoms with Crippen LogP contribution in [0.4, 0.5) is 11.4 Å². The molecule has 29 heavy (non-hydrogen) atoms. The van der Waals surface area contributed by atoms with E-state index in [1.54, 1.807) is 42.3 Å². The predicted octanol–water partition coefficient (Wildman–Crippen LogP) is 4.32. The van der Waals surface area contributed by atoms with E-state index < -0.39 is 0 Å². The monoisotopic (exact) mass is 389 g/mol. The van der Waals surface area contributed by atoms with Gasteiger partial charge in [-0.05, 0) is 67.9 Å². The molecule has 0 saturated heterocycles. The van der Waals surface area contributed by atoms with Gasteiger partial charge in [0, 0.05) is 29.7 Å². The van der Waals surface area contributed by atoms with E-state index in [4.69, 9.17) is 4.74 Å². The first-order chi connectivity index (χ1) is 14.0. The number of pyridine rings is 1. The number of benzene rings is 2. The third kappa shape index (κ3) is 4.79. The Kier molecular flexibility index (Phi) is 6.24. The first-order valence-electron chi connectivity index (χ1n) is 9.32. The van der Waals surface area contributed by atoms with Gasteiger partial charge in [0.2, 0.25) is 0 Å². The lowest BCUT2D eigenvalue weighted by Crippen LogP contribution is -2.31. The number of hydrogen-bond donors (Lipinski definition) is 1. The highest BCUT2D eigenvalue weighted by atomic mass is 16.5. The maximum absolute atomic E-state index is 13.0. The third-order valence-corrected chi connectivity index (χ3v) is 4.46. The lowest BCUT2D eigenvalue weighted by atomic mass is 10.1. The highest BCUT2D eigenvalue weighted by Gasteiger charge is 2.19. The van der Waals surface area contributed by atoms with Crippen molar-refractivity contribution in [3.63, 3.8) is 0 Å². The summed E-state index contributed by atoms with van der Waals surface area (Å²) in [5.74, 6) is 0.137. The molecule has 0 aliphatic carbocycles. The molecule has 0 spiro atoms. The Morgan fingerprint density at radius 1 is 1.07 bits per heavy atom. The van der Waals surface area contributed by atoms with Gasteiger partial charge < -0.3 is 15.0 Å². The molecule has 1 N–H and O–H groups in total. The van der Waals surface area contributed by atoms with Gasteiger partial charge in [0.15, 0.2) is 0 Å². The second kappa shape index (κ2) is 9.01. The van der Waals surface area contributed by atoms with E-state index >= 15 is 0 Å². The first kappa shape index (κ1) is 20.1. The summed E-state index contributed by atoms with van der Waals surface area (Å²) in [7, 11) is 1.58. The van der Waals surface area contributed by atoms with Gasteiger partial charge in [-0.2, -0.15) is 0 Å². The summed E-state index contributed by atoms with van der Waals surface area (Å²) in [5.41, 5.74) is 3.08. The van der Waals surface area contributed by atoms with Gasteiger partial charge in [-0.15, -0.1) is 0 Å². The summed E-state index contributed by atoms with van der Waals surface area (Å²) < 4.78 is 5.11. The second-order valence-electron chi connectivity index (χ2n) is 6.50. The van der Waals surface area contributed by atoms with E-state index in [-0.39, 0.29) is 17.5 Å². The predicted molar refractivity (Wildman–Crippen MR) is 114 cm³/mol. The Hall–Kier alpha value is -3.67. The molecule has 6 heteroatoms. The summed E-state index contributed by atoms with van der Waals surface area (Å²) in [5, 5.41) is 2.81. The number of aromatic nitrogens is 1. The molecule has 2 amide bonds. The lowest BCUT2D eigenvalue weighted by molar-refractivity contribution is 0.0983. The van der Waals surface area contributed by atoms with Crippen LogP contribution in [-0.2, 0) is 0 Å². The number of nitrogens with one attached hydrogen (secondary N) is 1. The van der Waals surface area contributed by atoms with Crippen LogP contribution in [-0.4, -0.2) is 30.5 Å². The van der Waals surface area contributed by atoms with E-state index in [9.17, 15) is 9.59 Å². The van der Waals surface area contributed by atoms with Gasteiger partial charge >= 0.3 is 0 Å². The van der Waals surface area contributed by atoms with Gasteiger partial charge in [0.1, 0.15) is 11.4 Å². The van der Waals surface area contributed by atoms with E-state index in [1.165, 1.54) is 12.3 Å². The average Bonchev–Trinajstić information content (AvgIpc) is 2.75. The maximum Gasteiger partial charge on any atom is 0.276 e. The van der Waals surface area contributed by atoms with Crippen LogP contribution in [0.25, 0.3) is 0 Å². The van der Waals surface area contributed by atoms with Crippen molar-refractivity contribution in [3.8, 4) is 5.75 Å². The van der Waals surface area contributed by atoms with Crippen LogP contribution in [0.3, 0.4) is 0 Å². The molecule has 0 unspecified atom stereocenters. The summed E-state index contributed by atoms with van der Waals surface area (Å²) in [4.78, 5) is 31.4. The number of carbonyl (C=O) groups is 2. The van der Waals surface area contributed by atoms with E-state index in [1.807, 2.05) is 38.1 Å². The SMILES string of the molecule is CCN(C(=O)c1cc(C(=O)Nc2ccc(OC)cc2)ccn1)c1cccc(C)c1. The highest BCUT2D eigenvalue weighted by Crippen LogP contribution is 2.19. The zero-order chi connectivity index (χ0) is 20.8. The van der Waals surface area contributed by atoms with Crippen LogP contribution in [0.2, 0.25) is 0 Å². The van der Waals surface area contributed by atoms with Crippen molar-refractivity contribution in [2.75, 3.05) is 23.9 Å². The van der Waals surface area contributed by atoms with Crippen molar-refractivity contribution in [3.05, 3.63) is 83.7 Å². The Labute approximate surface area is 170 Å². The fraction of sp³-hybridized carbons (Fsp3) is 0.174. The van der Waals surface area contributed by atoms with Gasteiger partial charge in [-0.25, -0.2) is 0 Å². The number of rotatable bonds is 6. The molecular weight excluding hydrogens is 366 g/mol. The van der Waals surface area contributed by atoms with Gasteiger partial charge in [0.05, 0.1) is 7.11 Å². The van der Waals surface area contributed by atoms with Crippen LogP contribution < -0.4 is 15.0 Å². The molecule has 0 radical (unpaired) electrons. The number of ether oxygens (including phenoxy) is 1. The quantitative estimate of drug-likeness (QED) is 0.682. The van der Waals surface area contributed by atoms with Crippen molar-refractivity contribution in [1.29, 1.82) is 0 Å². The topological polar surface area (TPSA) is 71.5 Å². The van der Waals surface area contributed by atoms with E-state index in [2.05, 4.69) is 10.3 Å². The second-order valence-corrected chi connectivity index (χ2v) is 6.50. The molecular formula is C23H23N3O3. The minimum absolute atomic E-state index is 0.218. The average molecular weight is 389 g/mol. The number of methoxy groups -OCH3 is 1. The molecule has 1 heterocycles. The third-order valence-electron chi connectivity index (χ3n) is 4.46. The molecule has 0 atom stereocenters. The summed E-state index contributed by atoms with van der Waals surface area (Å²) in [6, 6.07) is 17.8. The van der Waals surface area contributed by atoms with Crippen molar-refractivity contribution in [2.24, 2.45) is 0 Å². The Morgan fingerprint density at radius 2 is 1.83 bits per heavy atom. The minimum Gasteiger partial charge on any atom is -0.497 e. The molecule has 0 aliphatic heterocycles. The van der Waals surface area contributed by atoms with Crippen molar-refractivity contribution >= 4 is 23.2 Å². The minimum atomic E-state index is -0.315. The van der Waals surface area contributed by atoms with Gasteiger partial charge in [-0.3, -0.25) is 14.6 Å². The lowest BCUT2D eigenvalue weighted by Gasteiger charge is -2.21. The molecule has 0 saturated carbocycles. The zero-order valence-electron chi connectivity index (χ0n) is 16.7. The number of anilines is 2. The summed E-state index contributed by atoms with van der Waals surface area (Å²) in [6.45, 7) is 4.37. The van der Waals surface area contributed by atoms with Crippen LogP contribution in [0, 0.1) is 6.92 Å². The fourth-order valence-electron chi connectivity index (χ4n) is 2.94. The Bertz CT molecular complexity index is 1020. The van der Waals surface area contributed by atoms with Crippen molar-refractivity contribution in [2.45, 2.75) is 13.8 Å². The highest BCUT2D eigenvalue weighted by molar-refractivity contribution is 6.08. The molecule has 0 aliphatic rings. The number of hydrogen-bond acceptors (Lipinski definition) is 4. The fourth-order valence-corrected chi connectivity index (χ4v) is 2.94. The smallest absolute Gasteiger partial charge is 0.276 e. The Balaban J connectivity index is 1.80. The van der Waals surface area contributed by atoms with Crippen LogP contribution in [0.15, 0.2) is 66.9 Å². The molecule has 3 rings (SSSR count). The standard InChI is InChI=1S/C23H23N3O3/c1-4-26(19-7-5-6-16(2)14-19)23(28)21-15-17(12-13-24-21)22(27)25-18-8-10-20(29-3)11-9-18/h5-15H,4H2,1-3H3,(H,25,27). The van der Waals surface area contributed by atoms with Gasteiger partial charge in [-0.1, -0.05) is 12.1 Å². The normalized spacial score (nSPS) is 10.3. The summed E-state index contributed by atoms with van der Waals surface area (Å²) >= 11 is 0. The summed E-state index contributed by atoms with van der Waals surface area (Å²) in [6.07, 6.45) is 1.47. The van der Waals surface area contributed by atoms with Crippen LogP contribution in [0.1, 0.15) is 33.3 Å². The van der Waals surface area contributed by atoms with Crippen molar-refractivity contribution < 1.29 is 14.3 Å². The zero-order valence-corrected chi connectivity index (χ0v) is 16.7. The van der Waals surface area contributed by atoms with E-state index in [0.29, 0.717) is 23.5 Å². The molecule has 0 fully saturated rings. The largest absolute Gasteiger partial charge is 0.497 e. The molecule has 1 aromatic heterocycles. The Morgan fingerprint density at radius 3 is 2.48 bits per heavy atom. The molecule has 0 bridgehead atoms. The van der Waals surface area contributed by atoms with Gasteiger partial charge in [0.25, 0.3) is 11.8 Å². The molecule has 6 nitrogen and oxygen atoms in total. The van der Waals surface area contributed by atoms with Crippen molar-refractivity contribution in [1.82, 2.24) is 4.98 Å². The van der Waals surface area contributed by atoms with E-state index in [0.717, 1.165) is 11.3 Å². The maximum atomic E-state index is 13.0. The molecule has 3 aromatic rings. The number of nitrogens with zero attached hydrogens (tertiary/aromatic N) is 2. The number of amides is 2. The van der Waals surface area contributed by atoms with Crippen LogP contribution in [0.5, 0.6) is 5.75 Å².